The smallest absolute Gasteiger partial charge is 0.130 e. The number of phenolic OH excluding ortho intramolecular Hbond substituents is 1. The molecule has 0 aliphatic rings. The van der Waals surface area contributed by atoms with E-state index in [1.807, 2.05) is 0 Å². The van der Waals surface area contributed by atoms with E-state index in [-0.39, 0.29) is 17.4 Å². The van der Waals surface area contributed by atoms with Crippen molar-refractivity contribution in [2.45, 2.75) is 19.9 Å². The van der Waals surface area contributed by atoms with Crippen molar-refractivity contribution in [1.29, 1.82) is 0 Å². The van der Waals surface area contributed by atoms with Crippen LogP contribution in [0.4, 0.5) is 4.39 Å². The van der Waals surface area contributed by atoms with E-state index in [2.05, 4.69) is 0 Å². The second-order valence-corrected chi connectivity index (χ2v) is 2.94. The van der Waals surface area contributed by atoms with Gasteiger partial charge < -0.3 is 10.8 Å². The van der Waals surface area contributed by atoms with Crippen LogP contribution in [0.5, 0.6) is 5.75 Å². The van der Waals surface area contributed by atoms with Gasteiger partial charge in [-0.3, -0.25) is 0 Å². The maximum absolute atomic E-state index is 13.0. The molecule has 0 saturated carbocycles. The fraction of sp³-hybridized carbons (Fsp3) is 0.333. The molecule has 1 atom stereocenters. The summed E-state index contributed by atoms with van der Waals surface area (Å²) >= 11 is 0. The summed E-state index contributed by atoms with van der Waals surface area (Å²) in [6.07, 6.45) is 0. The Kier molecular flexibility index (Phi) is 2.33. The van der Waals surface area contributed by atoms with Gasteiger partial charge in [0.25, 0.3) is 0 Å². The summed E-state index contributed by atoms with van der Waals surface area (Å²) in [5.74, 6) is -0.454. The van der Waals surface area contributed by atoms with Crippen LogP contribution < -0.4 is 5.73 Å². The second kappa shape index (κ2) is 3.11. The third-order valence-electron chi connectivity index (χ3n) is 1.87. The molecule has 0 bridgehead atoms. The number of nitrogens with two attached hydrogens (primary N) is 1. The molecule has 12 heavy (non-hydrogen) atoms. The third kappa shape index (κ3) is 1.56. The topological polar surface area (TPSA) is 46.2 Å². The van der Waals surface area contributed by atoms with E-state index >= 15 is 0 Å². The van der Waals surface area contributed by atoms with Crippen LogP contribution in [0.25, 0.3) is 0 Å². The number of hydrogen-bond donors (Lipinski definition) is 2. The maximum Gasteiger partial charge on any atom is 0.130 e. The Balaban J connectivity index is 3.21. The van der Waals surface area contributed by atoms with Crippen LogP contribution in [0.1, 0.15) is 24.1 Å². The Bertz CT molecular complexity index is 274. The normalized spacial score (nSPS) is 13.0. The lowest BCUT2D eigenvalue weighted by Gasteiger charge is -2.08. The van der Waals surface area contributed by atoms with E-state index in [0.29, 0.717) is 5.56 Å². The zero-order valence-corrected chi connectivity index (χ0v) is 7.13. The predicted molar refractivity (Wildman–Crippen MR) is 45.4 cm³/mol. The summed E-state index contributed by atoms with van der Waals surface area (Å²) < 4.78 is 13.0. The van der Waals surface area contributed by atoms with Gasteiger partial charge in [-0.25, -0.2) is 4.39 Å². The molecule has 0 fully saturated rings. The SMILES string of the molecule is Cc1c(O)cc(C(C)N)cc1F. The van der Waals surface area contributed by atoms with Gasteiger partial charge in [0.2, 0.25) is 0 Å². The zero-order chi connectivity index (χ0) is 9.30. The summed E-state index contributed by atoms with van der Waals surface area (Å²) in [6, 6.07) is 2.58. The van der Waals surface area contributed by atoms with Crippen LogP contribution in [0.3, 0.4) is 0 Å². The number of rotatable bonds is 1. The van der Waals surface area contributed by atoms with Crippen molar-refractivity contribution in [3.8, 4) is 5.75 Å². The molecular weight excluding hydrogens is 157 g/mol. The predicted octanol–water partition coefficient (Wildman–Crippen LogP) is 1.86. The average Bonchev–Trinajstić information content (AvgIpc) is 1.99. The molecule has 0 amide bonds. The Labute approximate surface area is 70.8 Å². The van der Waals surface area contributed by atoms with E-state index in [4.69, 9.17) is 5.73 Å². The monoisotopic (exact) mass is 169 g/mol. The van der Waals surface area contributed by atoms with Gasteiger partial charge in [0.1, 0.15) is 11.6 Å². The van der Waals surface area contributed by atoms with Crippen LogP contribution in [0, 0.1) is 12.7 Å². The highest BCUT2D eigenvalue weighted by Crippen LogP contribution is 2.23. The molecule has 0 spiro atoms. The molecule has 0 aromatic heterocycles. The summed E-state index contributed by atoms with van der Waals surface area (Å²) in [5, 5.41) is 9.23. The number of hydrogen-bond acceptors (Lipinski definition) is 2. The van der Waals surface area contributed by atoms with Gasteiger partial charge in [0.15, 0.2) is 0 Å². The summed E-state index contributed by atoms with van der Waals surface area (Å²) in [6.45, 7) is 3.26. The molecule has 3 N–H and O–H groups in total. The lowest BCUT2D eigenvalue weighted by Crippen LogP contribution is -2.05. The zero-order valence-electron chi connectivity index (χ0n) is 7.13. The van der Waals surface area contributed by atoms with E-state index in [1.54, 1.807) is 6.92 Å². The summed E-state index contributed by atoms with van der Waals surface area (Å²) in [4.78, 5) is 0. The molecule has 0 saturated heterocycles. The molecule has 1 aromatic rings. The minimum atomic E-state index is -0.415. The van der Waals surface area contributed by atoms with Crippen molar-refractivity contribution in [2.75, 3.05) is 0 Å². The molecule has 1 aromatic carbocycles. The highest BCUT2D eigenvalue weighted by molar-refractivity contribution is 5.37. The molecule has 66 valence electrons. The lowest BCUT2D eigenvalue weighted by atomic mass is 10.1. The van der Waals surface area contributed by atoms with Gasteiger partial charge >= 0.3 is 0 Å². The Hall–Kier alpha value is -1.09. The van der Waals surface area contributed by atoms with Gasteiger partial charge in [-0.15, -0.1) is 0 Å². The standard InChI is InChI=1S/C9H12FNO/c1-5-8(10)3-7(6(2)11)4-9(5)12/h3-4,6,12H,11H2,1-2H3. The van der Waals surface area contributed by atoms with Crippen molar-refractivity contribution >= 4 is 0 Å². The first kappa shape index (κ1) is 9.00. The fourth-order valence-electron chi connectivity index (χ4n) is 0.948. The van der Waals surface area contributed by atoms with Crippen molar-refractivity contribution in [3.05, 3.63) is 29.1 Å². The second-order valence-electron chi connectivity index (χ2n) is 2.94. The minimum absolute atomic E-state index is 0.0395. The van der Waals surface area contributed by atoms with Gasteiger partial charge in [0.05, 0.1) is 0 Å². The lowest BCUT2D eigenvalue weighted by molar-refractivity contribution is 0.461. The molecular formula is C9H12FNO. The van der Waals surface area contributed by atoms with E-state index in [1.165, 1.54) is 19.1 Å². The van der Waals surface area contributed by atoms with Crippen LogP contribution in [0.15, 0.2) is 12.1 Å². The number of benzene rings is 1. The highest BCUT2D eigenvalue weighted by Gasteiger charge is 2.07. The van der Waals surface area contributed by atoms with E-state index in [9.17, 15) is 9.50 Å². The maximum atomic E-state index is 13.0. The van der Waals surface area contributed by atoms with Crippen molar-refractivity contribution in [2.24, 2.45) is 5.73 Å². The van der Waals surface area contributed by atoms with Crippen LogP contribution >= 0.6 is 0 Å². The number of halogens is 1. The molecule has 2 nitrogen and oxygen atoms in total. The van der Waals surface area contributed by atoms with Crippen molar-refractivity contribution < 1.29 is 9.50 Å². The first-order chi connectivity index (χ1) is 5.52. The molecule has 0 heterocycles. The first-order valence-electron chi connectivity index (χ1n) is 3.77. The molecule has 0 radical (unpaired) electrons. The Morgan fingerprint density at radius 1 is 1.50 bits per heavy atom. The van der Waals surface area contributed by atoms with Crippen LogP contribution in [-0.2, 0) is 0 Å². The van der Waals surface area contributed by atoms with Gasteiger partial charge in [0, 0.05) is 11.6 Å². The van der Waals surface area contributed by atoms with Crippen LogP contribution in [-0.4, -0.2) is 5.11 Å². The average molecular weight is 169 g/mol. The van der Waals surface area contributed by atoms with Gasteiger partial charge in [-0.2, -0.15) is 0 Å². The Morgan fingerprint density at radius 3 is 2.50 bits per heavy atom. The molecule has 0 aliphatic heterocycles. The highest BCUT2D eigenvalue weighted by atomic mass is 19.1. The minimum Gasteiger partial charge on any atom is -0.508 e. The summed E-state index contributed by atoms with van der Waals surface area (Å²) in [5.41, 5.74) is 6.39. The fourth-order valence-corrected chi connectivity index (χ4v) is 0.948. The molecule has 0 aliphatic carbocycles. The van der Waals surface area contributed by atoms with E-state index < -0.39 is 5.82 Å². The number of aromatic hydroxyl groups is 1. The van der Waals surface area contributed by atoms with Crippen molar-refractivity contribution in [1.82, 2.24) is 0 Å². The summed E-state index contributed by atoms with van der Waals surface area (Å²) in [7, 11) is 0. The number of phenols is 1. The third-order valence-corrected chi connectivity index (χ3v) is 1.87. The van der Waals surface area contributed by atoms with Gasteiger partial charge in [-0.05, 0) is 31.5 Å². The molecule has 1 unspecified atom stereocenters. The Morgan fingerprint density at radius 2 is 2.08 bits per heavy atom. The quantitative estimate of drug-likeness (QED) is 0.674. The van der Waals surface area contributed by atoms with Crippen molar-refractivity contribution in [3.63, 3.8) is 0 Å². The molecule has 1 rings (SSSR count). The largest absolute Gasteiger partial charge is 0.508 e. The van der Waals surface area contributed by atoms with Crippen LogP contribution in [0.2, 0.25) is 0 Å². The molecule has 3 heteroatoms. The van der Waals surface area contributed by atoms with Gasteiger partial charge in [-0.1, -0.05) is 0 Å². The van der Waals surface area contributed by atoms with E-state index in [0.717, 1.165) is 0 Å². The first-order valence-corrected chi connectivity index (χ1v) is 3.77.